The molecule has 0 amide bonds. The second kappa shape index (κ2) is 12.4. The van der Waals surface area contributed by atoms with Crippen LogP contribution in [0.5, 0.6) is 0 Å². The van der Waals surface area contributed by atoms with Crippen LogP contribution in [0, 0.1) is 5.92 Å². The Morgan fingerprint density at radius 3 is 2.67 bits per heavy atom. The average molecular weight is 563 g/mol. The van der Waals surface area contributed by atoms with Crippen LogP contribution in [0.25, 0.3) is 0 Å². The Hall–Kier alpha value is -0.700. The molecule has 0 radical (unpaired) electrons. The molecule has 2 saturated heterocycles. The summed E-state index contributed by atoms with van der Waals surface area (Å²) in [6, 6.07) is 0.293. The molecule has 2 N–H and O–H groups in total. The van der Waals surface area contributed by atoms with E-state index in [2.05, 4.69) is 25.5 Å². The van der Waals surface area contributed by atoms with E-state index in [4.69, 9.17) is 9.47 Å². The summed E-state index contributed by atoms with van der Waals surface area (Å²) in [4.78, 5) is 10.5. The first-order chi connectivity index (χ1) is 14.0. The van der Waals surface area contributed by atoms with E-state index < -0.39 is 11.9 Å². The first-order valence-electron chi connectivity index (χ1n) is 9.90. The van der Waals surface area contributed by atoms with E-state index in [1.807, 2.05) is 6.92 Å². The molecule has 0 spiro atoms. The summed E-state index contributed by atoms with van der Waals surface area (Å²) >= 11 is 0.972. The van der Waals surface area contributed by atoms with Crippen molar-refractivity contribution in [3.63, 3.8) is 0 Å². The minimum absolute atomic E-state index is 0. The Bertz CT molecular complexity index is 664. The van der Waals surface area contributed by atoms with Crippen LogP contribution in [0.15, 0.2) is 10.4 Å². The molecular weight excluding hydrogens is 534 g/mol. The number of halogens is 4. The van der Waals surface area contributed by atoms with Crippen LogP contribution in [0.4, 0.5) is 13.2 Å². The van der Waals surface area contributed by atoms with E-state index in [1.165, 1.54) is 0 Å². The molecule has 2 unspecified atom stereocenters. The highest BCUT2D eigenvalue weighted by atomic mass is 127. The number of guanidine groups is 1. The molecule has 3 heterocycles. The van der Waals surface area contributed by atoms with Gasteiger partial charge in [-0.15, -0.1) is 35.3 Å². The van der Waals surface area contributed by atoms with Crippen molar-refractivity contribution < 1.29 is 22.6 Å². The highest BCUT2D eigenvalue weighted by Crippen LogP contribution is 2.30. The van der Waals surface area contributed by atoms with Crippen LogP contribution in [0.2, 0.25) is 0 Å². The molecule has 12 heteroatoms. The predicted molar refractivity (Wildman–Crippen MR) is 120 cm³/mol. The Morgan fingerprint density at radius 2 is 2.07 bits per heavy atom. The lowest BCUT2D eigenvalue weighted by Crippen LogP contribution is -2.53. The molecule has 172 valence electrons. The zero-order valence-electron chi connectivity index (χ0n) is 16.9. The third kappa shape index (κ3) is 7.46. The minimum Gasteiger partial charge on any atom is -0.381 e. The maximum Gasteiger partial charge on any atom is 0.434 e. The van der Waals surface area contributed by atoms with Gasteiger partial charge in [0.25, 0.3) is 0 Å². The first kappa shape index (κ1) is 25.6. The fourth-order valence-corrected chi connectivity index (χ4v) is 4.29. The number of aliphatic imine (C=N–C) groups is 1. The molecule has 0 aliphatic carbocycles. The van der Waals surface area contributed by atoms with Crippen LogP contribution in [0.3, 0.4) is 0 Å². The summed E-state index contributed by atoms with van der Waals surface area (Å²) in [5.41, 5.74) is -0.862. The number of nitrogens with zero attached hydrogens (tertiary/aromatic N) is 3. The van der Waals surface area contributed by atoms with Gasteiger partial charge in [-0.2, -0.15) is 13.2 Å². The van der Waals surface area contributed by atoms with Gasteiger partial charge in [0, 0.05) is 50.1 Å². The largest absolute Gasteiger partial charge is 0.434 e. The molecule has 1 aromatic rings. The number of aromatic nitrogens is 1. The number of hydrogen-bond acceptors (Lipinski definition) is 6. The Morgan fingerprint density at radius 1 is 1.30 bits per heavy atom. The zero-order valence-corrected chi connectivity index (χ0v) is 20.1. The number of hydrogen-bond donors (Lipinski definition) is 2. The lowest BCUT2D eigenvalue weighted by Gasteiger charge is -2.37. The molecule has 0 bridgehead atoms. The van der Waals surface area contributed by atoms with Gasteiger partial charge in [0.05, 0.1) is 26.4 Å². The van der Waals surface area contributed by atoms with Crippen LogP contribution >= 0.6 is 35.3 Å². The summed E-state index contributed by atoms with van der Waals surface area (Å²) in [6.45, 7) is 8.15. The molecule has 2 atom stereocenters. The van der Waals surface area contributed by atoms with Gasteiger partial charge >= 0.3 is 6.18 Å². The second-order valence-corrected chi connectivity index (χ2v) is 7.98. The fraction of sp³-hybridized carbons (Fsp3) is 0.778. The number of thiazole rings is 1. The number of nitrogens with one attached hydrogen (secondary N) is 2. The Labute approximate surface area is 195 Å². The van der Waals surface area contributed by atoms with Gasteiger partial charge in [0.1, 0.15) is 5.01 Å². The normalized spacial score (nSPS) is 21.9. The fourth-order valence-electron chi connectivity index (χ4n) is 3.56. The quantitative estimate of drug-likeness (QED) is 0.302. The minimum atomic E-state index is -4.42. The second-order valence-electron chi connectivity index (χ2n) is 7.04. The van der Waals surface area contributed by atoms with Gasteiger partial charge in [-0.25, -0.2) is 9.98 Å². The van der Waals surface area contributed by atoms with E-state index in [9.17, 15) is 13.2 Å². The third-order valence-corrected chi connectivity index (χ3v) is 5.89. The smallest absolute Gasteiger partial charge is 0.381 e. The van der Waals surface area contributed by atoms with Crippen molar-refractivity contribution in [3.05, 3.63) is 16.1 Å². The van der Waals surface area contributed by atoms with E-state index in [-0.39, 0.29) is 30.5 Å². The number of rotatable bonds is 7. The molecule has 0 aromatic carbocycles. The van der Waals surface area contributed by atoms with E-state index in [0.29, 0.717) is 36.0 Å². The van der Waals surface area contributed by atoms with Crippen LogP contribution in [0.1, 0.15) is 24.0 Å². The SMILES string of the molecule is CCNC(=NCc1nc(C(F)(F)F)cs1)NCC(C1CCOC1)N1CCOCC1.I. The zero-order chi connectivity index (χ0) is 20.7. The summed E-state index contributed by atoms with van der Waals surface area (Å²) in [5.74, 6) is 1.02. The van der Waals surface area contributed by atoms with Crippen LogP contribution < -0.4 is 10.6 Å². The van der Waals surface area contributed by atoms with Gasteiger partial charge in [-0.3, -0.25) is 4.90 Å². The van der Waals surface area contributed by atoms with E-state index >= 15 is 0 Å². The number of ether oxygens (including phenoxy) is 2. The first-order valence-corrected chi connectivity index (χ1v) is 10.8. The monoisotopic (exact) mass is 563 g/mol. The highest BCUT2D eigenvalue weighted by Gasteiger charge is 2.34. The molecule has 2 fully saturated rings. The molecule has 3 rings (SSSR count). The molecule has 2 aliphatic rings. The summed E-state index contributed by atoms with van der Waals surface area (Å²) in [7, 11) is 0. The van der Waals surface area contributed by atoms with Gasteiger partial charge in [0.15, 0.2) is 11.7 Å². The standard InChI is InChI=1S/C18H28F3N5O2S.HI/c1-2-22-17(24-10-16-25-15(12-29-16)18(19,20)21)23-9-14(13-3-6-28-11-13)26-4-7-27-8-5-26;/h12-14H,2-11H2,1H3,(H2,22,23,24);1H. The summed E-state index contributed by atoms with van der Waals surface area (Å²) < 4.78 is 49.2. The summed E-state index contributed by atoms with van der Waals surface area (Å²) in [6.07, 6.45) is -3.40. The van der Waals surface area contributed by atoms with Crippen LogP contribution in [-0.4, -0.2) is 74.5 Å². The molecule has 30 heavy (non-hydrogen) atoms. The Kier molecular flexibility index (Phi) is 10.5. The van der Waals surface area contributed by atoms with Gasteiger partial charge in [-0.05, 0) is 13.3 Å². The van der Waals surface area contributed by atoms with Crippen molar-refractivity contribution in [2.45, 2.75) is 32.1 Å². The topological polar surface area (TPSA) is 71.0 Å². The number of alkyl halides is 3. The molecule has 2 aliphatic heterocycles. The van der Waals surface area contributed by atoms with Crippen LogP contribution in [-0.2, 0) is 22.2 Å². The summed E-state index contributed by atoms with van der Waals surface area (Å²) in [5, 5.41) is 7.88. The van der Waals surface area contributed by atoms with Gasteiger partial charge in [0.2, 0.25) is 0 Å². The van der Waals surface area contributed by atoms with E-state index in [0.717, 1.165) is 62.7 Å². The van der Waals surface area contributed by atoms with Crippen molar-refractivity contribution in [2.24, 2.45) is 10.9 Å². The third-order valence-electron chi connectivity index (χ3n) is 5.06. The van der Waals surface area contributed by atoms with Crippen molar-refractivity contribution in [1.29, 1.82) is 0 Å². The lowest BCUT2D eigenvalue weighted by atomic mass is 9.97. The molecular formula is C18H29F3IN5O2S. The molecule has 0 saturated carbocycles. The predicted octanol–water partition coefficient (Wildman–Crippen LogP) is 2.57. The number of morpholine rings is 1. The Balaban J connectivity index is 0.00000320. The van der Waals surface area contributed by atoms with Crippen molar-refractivity contribution in [2.75, 3.05) is 52.6 Å². The van der Waals surface area contributed by atoms with E-state index in [1.54, 1.807) is 0 Å². The van der Waals surface area contributed by atoms with Crippen molar-refractivity contribution >= 4 is 41.3 Å². The average Bonchev–Trinajstić information content (AvgIpc) is 3.39. The lowest BCUT2D eigenvalue weighted by molar-refractivity contribution is -0.140. The van der Waals surface area contributed by atoms with Crippen molar-refractivity contribution in [3.8, 4) is 0 Å². The highest BCUT2D eigenvalue weighted by molar-refractivity contribution is 14.0. The van der Waals surface area contributed by atoms with Crippen molar-refractivity contribution in [1.82, 2.24) is 20.5 Å². The van der Waals surface area contributed by atoms with Gasteiger partial charge < -0.3 is 20.1 Å². The maximum absolute atomic E-state index is 12.7. The molecule has 7 nitrogen and oxygen atoms in total. The van der Waals surface area contributed by atoms with Gasteiger partial charge in [-0.1, -0.05) is 0 Å². The maximum atomic E-state index is 12.7. The molecule has 1 aromatic heterocycles.